The summed E-state index contributed by atoms with van der Waals surface area (Å²) in [5.74, 6) is 0. The van der Waals surface area contributed by atoms with Crippen LogP contribution in [0.5, 0.6) is 0 Å². The van der Waals surface area contributed by atoms with Gasteiger partial charge in [-0.1, -0.05) is 6.92 Å². The Hall–Kier alpha value is -0.120. The lowest BCUT2D eigenvalue weighted by molar-refractivity contribution is -0.0748. The van der Waals surface area contributed by atoms with Gasteiger partial charge in [0, 0.05) is 19.7 Å². The molecule has 0 aromatic rings. The average molecular weight is 173 g/mol. The van der Waals surface area contributed by atoms with Crippen LogP contribution in [0.15, 0.2) is 0 Å². The Bertz CT molecular complexity index is 119. The van der Waals surface area contributed by atoms with Crippen LogP contribution in [0.25, 0.3) is 0 Å². The number of ether oxygens (including phenoxy) is 2. The van der Waals surface area contributed by atoms with Gasteiger partial charge in [-0.05, 0) is 13.3 Å². The first-order chi connectivity index (χ1) is 5.86. The van der Waals surface area contributed by atoms with Crippen molar-refractivity contribution >= 4 is 0 Å². The normalized spacial score (nSPS) is 30.5. The van der Waals surface area contributed by atoms with Crippen LogP contribution in [0.2, 0.25) is 0 Å². The highest BCUT2D eigenvalue weighted by molar-refractivity contribution is 4.73. The van der Waals surface area contributed by atoms with Gasteiger partial charge in [-0.25, -0.2) is 0 Å². The van der Waals surface area contributed by atoms with Gasteiger partial charge in [0.15, 0.2) is 0 Å². The largest absolute Gasteiger partial charge is 0.379 e. The van der Waals surface area contributed by atoms with Crippen LogP contribution in [0.1, 0.15) is 20.3 Å². The molecule has 1 rings (SSSR count). The summed E-state index contributed by atoms with van der Waals surface area (Å²) in [4.78, 5) is 0. The molecule has 0 aliphatic carbocycles. The van der Waals surface area contributed by atoms with E-state index >= 15 is 0 Å². The second kappa shape index (κ2) is 5.51. The van der Waals surface area contributed by atoms with Gasteiger partial charge in [0.2, 0.25) is 0 Å². The van der Waals surface area contributed by atoms with Gasteiger partial charge in [0.1, 0.15) is 0 Å². The summed E-state index contributed by atoms with van der Waals surface area (Å²) in [6, 6.07) is 0. The highest BCUT2D eigenvalue weighted by atomic mass is 16.5. The third-order valence-electron chi connectivity index (χ3n) is 2.09. The van der Waals surface area contributed by atoms with Crippen molar-refractivity contribution in [2.24, 2.45) is 0 Å². The van der Waals surface area contributed by atoms with Gasteiger partial charge in [-0.2, -0.15) is 0 Å². The SMILES string of the molecule is CCOCC1CNCC(CC)O1. The van der Waals surface area contributed by atoms with Crippen LogP contribution in [-0.2, 0) is 9.47 Å². The fourth-order valence-corrected chi connectivity index (χ4v) is 1.36. The van der Waals surface area contributed by atoms with Crippen molar-refractivity contribution in [1.82, 2.24) is 5.32 Å². The highest BCUT2D eigenvalue weighted by Gasteiger charge is 2.20. The Morgan fingerprint density at radius 3 is 2.75 bits per heavy atom. The third kappa shape index (κ3) is 3.09. The van der Waals surface area contributed by atoms with E-state index in [1.165, 1.54) is 0 Å². The van der Waals surface area contributed by atoms with E-state index in [0.717, 1.165) is 32.7 Å². The Labute approximate surface area is 74.4 Å². The van der Waals surface area contributed by atoms with Crippen molar-refractivity contribution in [2.45, 2.75) is 32.5 Å². The van der Waals surface area contributed by atoms with Crippen LogP contribution < -0.4 is 5.32 Å². The predicted molar refractivity (Wildman–Crippen MR) is 48.3 cm³/mol. The topological polar surface area (TPSA) is 30.5 Å². The van der Waals surface area contributed by atoms with Crippen LogP contribution in [0.3, 0.4) is 0 Å². The molecule has 1 N–H and O–H groups in total. The molecule has 1 saturated heterocycles. The fourth-order valence-electron chi connectivity index (χ4n) is 1.36. The molecule has 0 bridgehead atoms. The van der Waals surface area contributed by atoms with Crippen molar-refractivity contribution in [3.8, 4) is 0 Å². The lowest BCUT2D eigenvalue weighted by Gasteiger charge is -2.30. The summed E-state index contributed by atoms with van der Waals surface area (Å²) in [5.41, 5.74) is 0. The zero-order valence-corrected chi connectivity index (χ0v) is 8.01. The molecular weight excluding hydrogens is 154 g/mol. The first kappa shape index (κ1) is 9.96. The number of rotatable bonds is 4. The minimum atomic E-state index is 0.253. The summed E-state index contributed by atoms with van der Waals surface area (Å²) in [7, 11) is 0. The molecule has 1 aliphatic rings. The van der Waals surface area contributed by atoms with E-state index in [1.807, 2.05) is 6.92 Å². The Balaban J connectivity index is 2.16. The monoisotopic (exact) mass is 173 g/mol. The van der Waals surface area contributed by atoms with E-state index in [0.29, 0.717) is 6.10 Å². The summed E-state index contributed by atoms with van der Waals surface area (Å²) in [6.07, 6.45) is 1.71. The van der Waals surface area contributed by atoms with Gasteiger partial charge >= 0.3 is 0 Å². The summed E-state index contributed by atoms with van der Waals surface area (Å²) < 4.78 is 11.1. The molecule has 0 amide bonds. The van der Waals surface area contributed by atoms with E-state index in [2.05, 4.69) is 12.2 Å². The minimum Gasteiger partial charge on any atom is -0.379 e. The number of hydrogen-bond acceptors (Lipinski definition) is 3. The highest BCUT2D eigenvalue weighted by Crippen LogP contribution is 2.06. The van der Waals surface area contributed by atoms with Crippen molar-refractivity contribution in [2.75, 3.05) is 26.3 Å². The fraction of sp³-hybridized carbons (Fsp3) is 1.00. The van der Waals surface area contributed by atoms with E-state index in [-0.39, 0.29) is 6.10 Å². The molecule has 3 nitrogen and oxygen atoms in total. The maximum Gasteiger partial charge on any atom is 0.0936 e. The molecule has 3 heteroatoms. The second-order valence-electron chi connectivity index (χ2n) is 3.11. The maximum absolute atomic E-state index is 5.75. The lowest BCUT2D eigenvalue weighted by Crippen LogP contribution is -2.46. The number of morpholine rings is 1. The van der Waals surface area contributed by atoms with Crippen LogP contribution in [0.4, 0.5) is 0 Å². The van der Waals surface area contributed by atoms with E-state index < -0.39 is 0 Å². The molecule has 2 atom stereocenters. The average Bonchev–Trinajstić information content (AvgIpc) is 2.15. The zero-order valence-electron chi connectivity index (χ0n) is 8.01. The quantitative estimate of drug-likeness (QED) is 0.682. The molecule has 12 heavy (non-hydrogen) atoms. The molecule has 1 heterocycles. The zero-order chi connectivity index (χ0) is 8.81. The first-order valence-corrected chi connectivity index (χ1v) is 4.80. The summed E-state index contributed by atoms with van der Waals surface area (Å²) >= 11 is 0. The molecule has 1 aliphatic heterocycles. The maximum atomic E-state index is 5.75. The van der Waals surface area contributed by atoms with Crippen LogP contribution >= 0.6 is 0 Å². The Morgan fingerprint density at radius 1 is 1.33 bits per heavy atom. The van der Waals surface area contributed by atoms with Crippen molar-refractivity contribution in [1.29, 1.82) is 0 Å². The number of nitrogens with one attached hydrogen (secondary N) is 1. The smallest absolute Gasteiger partial charge is 0.0936 e. The summed E-state index contributed by atoms with van der Waals surface area (Å²) in [6.45, 7) is 7.56. The molecule has 0 spiro atoms. The van der Waals surface area contributed by atoms with E-state index in [1.54, 1.807) is 0 Å². The standard InChI is InChI=1S/C9H19NO2/c1-3-8-5-10-6-9(12-8)7-11-4-2/h8-10H,3-7H2,1-2H3. The Kier molecular flexibility index (Phi) is 4.58. The number of hydrogen-bond donors (Lipinski definition) is 1. The minimum absolute atomic E-state index is 0.253. The molecular formula is C9H19NO2. The van der Waals surface area contributed by atoms with Gasteiger partial charge in [0.05, 0.1) is 18.8 Å². The molecule has 1 fully saturated rings. The molecule has 0 radical (unpaired) electrons. The van der Waals surface area contributed by atoms with E-state index in [9.17, 15) is 0 Å². The second-order valence-corrected chi connectivity index (χ2v) is 3.11. The first-order valence-electron chi connectivity index (χ1n) is 4.80. The van der Waals surface area contributed by atoms with Crippen LogP contribution in [-0.4, -0.2) is 38.5 Å². The molecule has 72 valence electrons. The van der Waals surface area contributed by atoms with Crippen molar-refractivity contribution in [3.05, 3.63) is 0 Å². The molecule has 0 aromatic carbocycles. The molecule has 0 aromatic heterocycles. The van der Waals surface area contributed by atoms with Gasteiger partial charge in [0.25, 0.3) is 0 Å². The predicted octanol–water partition coefficient (Wildman–Crippen LogP) is 0.790. The molecule has 0 saturated carbocycles. The van der Waals surface area contributed by atoms with Gasteiger partial charge in [-0.15, -0.1) is 0 Å². The molecule has 2 unspecified atom stereocenters. The van der Waals surface area contributed by atoms with Crippen LogP contribution in [0, 0.1) is 0 Å². The van der Waals surface area contributed by atoms with Gasteiger partial charge < -0.3 is 14.8 Å². The van der Waals surface area contributed by atoms with Crippen molar-refractivity contribution in [3.63, 3.8) is 0 Å². The van der Waals surface area contributed by atoms with E-state index in [4.69, 9.17) is 9.47 Å². The summed E-state index contributed by atoms with van der Waals surface area (Å²) in [5, 5.41) is 3.34. The lowest BCUT2D eigenvalue weighted by atomic mass is 10.2. The van der Waals surface area contributed by atoms with Crippen molar-refractivity contribution < 1.29 is 9.47 Å². The van der Waals surface area contributed by atoms with Gasteiger partial charge in [-0.3, -0.25) is 0 Å². The Morgan fingerprint density at radius 2 is 2.08 bits per heavy atom. The third-order valence-corrected chi connectivity index (χ3v) is 2.09.